The van der Waals surface area contributed by atoms with Crippen LogP contribution < -0.4 is 0 Å². The first kappa shape index (κ1) is 14.1. The van der Waals surface area contributed by atoms with E-state index in [9.17, 15) is 9.59 Å². The van der Waals surface area contributed by atoms with Crippen molar-refractivity contribution in [1.82, 2.24) is 5.06 Å². The number of hydroxylamine groups is 2. The number of carbonyl (C=O) groups is 2. The van der Waals surface area contributed by atoms with Crippen molar-refractivity contribution in [1.29, 1.82) is 0 Å². The molecule has 0 aromatic rings. The van der Waals surface area contributed by atoms with Crippen molar-refractivity contribution >= 4 is 63.3 Å². The minimum atomic E-state index is -1.66. The normalized spacial score (nSPS) is 8.73. The molecule has 1 amide bonds. The molecular formula is C5H9KNO4. The van der Waals surface area contributed by atoms with Gasteiger partial charge in [0.1, 0.15) is 0 Å². The molecule has 0 aliphatic rings. The van der Waals surface area contributed by atoms with Crippen LogP contribution in [-0.4, -0.2) is 84.7 Å². The first-order chi connectivity index (χ1) is 4.46. The Morgan fingerprint density at radius 1 is 1.36 bits per heavy atom. The van der Waals surface area contributed by atoms with Gasteiger partial charge in [-0.05, 0) is 13.8 Å². The molecule has 11 heavy (non-hydrogen) atoms. The van der Waals surface area contributed by atoms with E-state index in [4.69, 9.17) is 10.3 Å². The number of hydrogen-bond donors (Lipinski definition) is 2. The van der Waals surface area contributed by atoms with Crippen molar-refractivity contribution in [2.24, 2.45) is 0 Å². The predicted molar refractivity (Wildman–Crippen MR) is 37.2 cm³/mol. The van der Waals surface area contributed by atoms with E-state index in [2.05, 4.69) is 0 Å². The molecule has 0 fully saturated rings. The first-order valence-corrected chi connectivity index (χ1v) is 2.72. The maximum Gasteiger partial charge on any atom is 0.396 e. The van der Waals surface area contributed by atoms with Crippen molar-refractivity contribution < 1.29 is 19.9 Å². The van der Waals surface area contributed by atoms with Crippen molar-refractivity contribution in [3.8, 4) is 0 Å². The molecule has 0 aliphatic carbocycles. The topological polar surface area (TPSA) is 77.8 Å². The Labute approximate surface area is 107 Å². The predicted octanol–water partition coefficient (Wildman–Crippen LogP) is -0.684. The molecule has 59 valence electrons. The average Bonchev–Trinajstić information content (AvgIpc) is 1.84. The zero-order valence-electron chi connectivity index (χ0n) is 6.74. The van der Waals surface area contributed by atoms with E-state index >= 15 is 0 Å². The van der Waals surface area contributed by atoms with Crippen LogP contribution >= 0.6 is 0 Å². The van der Waals surface area contributed by atoms with E-state index in [1.54, 1.807) is 0 Å². The smallest absolute Gasteiger partial charge is 0.396 e. The van der Waals surface area contributed by atoms with Crippen LogP contribution in [0.4, 0.5) is 0 Å². The van der Waals surface area contributed by atoms with Gasteiger partial charge in [-0.15, -0.1) is 0 Å². The van der Waals surface area contributed by atoms with Crippen molar-refractivity contribution in [3.05, 3.63) is 0 Å². The number of carboxylic acids is 1. The second-order valence-electron chi connectivity index (χ2n) is 2.05. The number of rotatable bonds is 1. The second kappa shape index (κ2) is 6.10. The van der Waals surface area contributed by atoms with Gasteiger partial charge in [-0.3, -0.25) is 10.0 Å². The summed E-state index contributed by atoms with van der Waals surface area (Å²) in [4.78, 5) is 20.3. The molecule has 0 saturated carbocycles. The summed E-state index contributed by atoms with van der Waals surface area (Å²) in [6.07, 6.45) is 0. The fourth-order valence-corrected chi connectivity index (χ4v) is 0.333. The molecule has 0 aromatic heterocycles. The summed E-state index contributed by atoms with van der Waals surface area (Å²) < 4.78 is 0. The Morgan fingerprint density at radius 3 is 1.82 bits per heavy atom. The van der Waals surface area contributed by atoms with Gasteiger partial charge < -0.3 is 5.11 Å². The fraction of sp³-hybridized carbons (Fsp3) is 0.600. The summed E-state index contributed by atoms with van der Waals surface area (Å²) >= 11 is 0. The Kier molecular flexibility index (Phi) is 7.81. The summed E-state index contributed by atoms with van der Waals surface area (Å²) in [5, 5.41) is 16.9. The van der Waals surface area contributed by atoms with Crippen molar-refractivity contribution in [2.75, 3.05) is 0 Å². The first-order valence-electron chi connectivity index (χ1n) is 2.72. The van der Waals surface area contributed by atoms with Crippen LogP contribution in [0.1, 0.15) is 13.8 Å². The molecule has 0 spiro atoms. The van der Waals surface area contributed by atoms with Gasteiger partial charge >= 0.3 is 11.9 Å². The van der Waals surface area contributed by atoms with E-state index < -0.39 is 17.9 Å². The van der Waals surface area contributed by atoms with Crippen LogP contribution in [0.25, 0.3) is 0 Å². The summed E-state index contributed by atoms with van der Waals surface area (Å²) in [7, 11) is 0. The Bertz CT molecular complexity index is 159. The molecule has 0 atom stereocenters. The van der Waals surface area contributed by atoms with Gasteiger partial charge in [-0.25, -0.2) is 9.86 Å². The van der Waals surface area contributed by atoms with E-state index in [1.807, 2.05) is 0 Å². The van der Waals surface area contributed by atoms with Gasteiger partial charge in [0, 0.05) is 51.4 Å². The molecule has 1 radical (unpaired) electrons. The number of aliphatic carboxylic acids is 1. The molecule has 0 heterocycles. The Morgan fingerprint density at radius 2 is 1.73 bits per heavy atom. The molecule has 2 N–H and O–H groups in total. The number of carboxylic acid groups (broad SMARTS) is 1. The Balaban J connectivity index is 0. The number of hydrogen-bond acceptors (Lipinski definition) is 3. The van der Waals surface area contributed by atoms with Crippen LogP contribution in [0.15, 0.2) is 0 Å². The standard InChI is InChI=1S/C5H9NO4.K/c1-3(2)6(10)4(7)5(8)9;/h3,10H,1-2H3,(H,8,9);. The van der Waals surface area contributed by atoms with E-state index in [0.717, 1.165) is 0 Å². The van der Waals surface area contributed by atoms with E-state index in [0.29, 0.717) is 0 Å². The molecule has 0 unspecified atom stereocenters. The van der Waals surface area contributed by atoms with Crippen molar-refractivity contribution in [2.45, 2.75) is 19.9 Å². The largest absolute Gasteiger partial charge is 0.474 e. The van der Waals surface area contributed by atoms with Crippen LogP contribution in [0.2, 0.25) is 0 Å². The second-order valence-corrected chi connectivity index (χ2v) is 2.05. The summed E-state index contributed by atoms with van der Waals surface area (Å²) in [6.45, 7) is 3.00. The van der Waals surface area contributed by atoms with Crippen LogP contribution in [-0.2, 0) is 9.59 Å². The third kappa shape index (κ3) is 4.89. The van der Waals surface area contributed by atoms with Crippen molar-refractivity contribution in [3.63, 3.8) is 0 Å². The zero-order chi connectivity index (χ0) is 8.31. The SMILES string of the molecule is CC(C)N(O)C(=O)C(=O)O.[K]. The molecule has 0 bridgehead atoms. The Hall–Kier alpha value is 0.536. The van der Waals surface area contributed by atoms with E-state index in [1.165, 1.54) is 13.8 Å². The summed E-state index contributed by atoms with van der Waals surface area (Å²) in [5.41, 5.74) is 0. The summed E-state index contributed by atoms with van der Waals surface area (Å²) in [6, 6.07) is -0.511. The molecule has 0 saturated heterocycles. The minimum Gasteiger partial charge on any atom is -0.474 e. The van der Waals surface area contributed by atoms with Gasteiger partial charge in [0.05, 0.1) is 6.04 Å². The van der Waals surface area contributed by atoms with E-state index in [-0.39, 0.29) is 56.4 Å². The van der Waals surface area contributed by atoms with Gasteiger partial charge in [-0.2, -0.15) is 0 Å². The quantitative estimate of drug-likeness (QED) is 0.246. The maximum atomic E-state index is 10.4. The van der Waals surface area contributed by atoms with Crippen LogP contribution in [0.3, 0.4) is 0 Å². The third-order valence-corrected chi connectivity index (χ3v) is 0.880. The molecule has 6 heteroatoms. The maximum absolute atomic E-state index is 10.4. The van der Waals surface area contributed by atoms with Gasteiger partial charge in [-0.1, -0.05) is 0 Å². The zero-order valence-corrected chi connectivity index (χ0v) is 9.86. The fourth-order valence-electron chi connectivity index (χ4n) is 0.333. The average molecular weight is 186 g/mol. The molecule has 5 nitrogen and oxygen atoms in total. The van der Waals surface area contributed by atoms with Gasteiger partial charge in [0.15, 0.2) is 0 Å². The number of carbonyl (C=O) groups excluding carboxylic acids is 1. The van der Waals surface area contributed by atoms with Gasteiger partial charge in [0.2, 0.25) is 0 Å². The van der Waals surface area contributed by atoms with Crippen LogP contribution in [0.5, 0.6) is 0 Å². The monoisotopic (exact) mass is 186 g/mol. The molecule has 0 rings (SSSR count). The van der Waals surface area contributed by atoms with Crippen LogP contribution in [0, 0.1) is 0 Å². The minimum absolute atomic E-state index is 0. The number of nitrogens with zero attached hydrogens (tertiary/aromatic N) is 1. The molecule has 0 aliphatic heterocycles. The summed E-state index contributed by atoms with van der Waals surface area (Å²) in [5.74, 6) is -2.97. The molecule has 0 aromatic carbocycles. The number of amides is 1. The third-order valence-electron chi connectivity index (χ3n) is 0.880. The molecular weight excluding hydrogens is 177 g/mol. The van der Waals surface area contributed by atoms with Gasteiger partial charge in [0.25, 0.3) is 0 Å².